The van der Waals surface area contributed by atoms with E-state index in [9.17, 15) is 4.79 Å². The second-order valence-electron chi connectivity index (χ2n) is 5.43. The largest absolute Gasteiger partial charge is 0.468 e. The number of hydrogen-bond donors (Lipinski definition) is 1. The highest BCUT2D eigenvalue weighted by Gasteiger charge is 2.31. The van der Waals surface area contributed by atoms with E-state index in [4.69, 9.17) is 4.74 Å². The van der Waals surface area contributed by atoms with Crippen LogP contribution >= 0.6 is 0 Å². The van der Waals surface area contributed by atoms with Crippen LogP contribution in [0.5, 0.6) is 0 Å². The van der Waals surface area contributed by atoms with Crippen LogP contribution in [0.15, 0.2) is 24.3 Å². The predicted molar refractivity (Wildman–Crippen MR) is 71.7 cm³/mol. The molecule has 1 aliphatic heterocycles. The summed E-state index contributed by atoms with van der Waals surface area (Å²) in [5.41, 5.74) is 1.75. The molecular formula is C15H21NO2. The average molecular weight is 247 g/mol. The van der Waals surface area contributed by atoms with E-state index in [-0.39, 0.29) is 5.97 Å². The quantitative estimate of drug-likeness (QED) is 0.832. The first-order chi connectivity index (χ1) is 8.55. The number of rotatable bonds is 3. The van der Waals surface area contributed by atoms with Crippen LogP contribution < -0.4 is 5.32 Å². The van der Waals surface area contributed by atoms with Gasteiger partial charge in [0.2, 0.25) is 0 Å². The van der Waals surface area contributed by atoms with E-state index in [1.165, 1.54) is 19.1 Å². The summed E-state index contributed by atoms with van der Waals surface area (Å²) in [6.45, 7) is 5.92. The number of esters is 1. The molecule has 1 N–H and O–H groups in total. The first-order valence-electron chi connectivity index (χ1n) is 6.45. The molecule has 3 nitrogen and oxygen atoms in total. The number of ether oxygens (including phenoxy) is 1. The number of carbonyl (C=O) groups is 1. The molecule has 3 heteroatoms. The SMILES string of the molecule is COC(=O)C(C)(C)c1cccc(C2CCNC2)c1. The van der Waals surface area contributed by atoms with Gasteiger partial charge in [-0.05, 0) is 43.9 Å². The maximum absolute atomic E-state index is 11.8. The first kappa shape index (κ1) is 13.1. The Kier molecular flexibility index (Phi) is 3.71. The Bertz CT molecular complexity index is 434. The molecule has 18 heavy (non-hydrogen) atoms. The summed E-state index contributed by atoms with van der Waals surface area (Å²) in [5, 5.41) is 3.37. The Balaban J connectivity index is 2.28. The smallest absolute Gasteiger partial charge is 0.315 e. The van der Waals surface area contributed by atoms with Gasteiger partial charge >= 0.3 is 5.97 Å². The van der Waals surface area contributed by atoms with Crippen LogP contribution in [0.25, 0.3) is 0 Å². The Morgan fingerprint density at radius 2 is 2.22 bits per heavy atom. The van der Waals surface area contributed by atoms with Gasteiger partial charge in [0.1, 0.15) is 0 Å². The molecule has 1 aromatic rings. The summed E-state index contributed by atoms with van der Waals surface area (Å²) in [5.74, 6) is 0.377. The van der Waals surface area contributed by atoms with Crippen molar-refractivity contribution < 1.29 is 9.53 Å². The van der Waals surface area contributed by atoms with Crippen molar-refractivity contribution in [3.8, 4) is 0 Å². The van der Waals surface area contributed by atoms with Crippen LogP contribution in [0.2, 0.25) is 0 Å². The highest BCUT2D eigenvalue weighted by atomic mass is 16.5. The zero-order chi connectivity index (χ0) is 13.2. The third kappa shape index (κ3) is 2.41. The van der Waals surface area contributed by atoms with Crippen molar-refractivity contribution in [2.24, 2.45) is 0 Å². The molecule has 1 saturated heterocycles. The predicted octanol–water partition coefficient (Wildman–Crippen LogP) is 2.21. The molecule has 1 fully saturated rings. The highest BCUT2D eigenvalue weighted by Crippen LogP contribution is 2.29. The molecule has 0 bridgehead atoms. The average Bonchev–Trinajstić information content (AvgIpc) is 2.91. The minimum Gasteiger partial charge on any atom is -0.468 e. The molecular weight excluding hydrogens is 226 g/mol. The summed E-state index contributed by atoms with van der Waals surface area (Å²) in [6.07, 6.45) is 1.17. The number of methoxy groups -OCH3 is 1. The van der Waals surface area contributed by atoms with Gasteiger partial charge in [0.15, 0.2) is 0 Å². The molecule has 2 rings (SSSR count). The summed E-state index contributed by atoms with van der Waals surface area (Å²) in [7, 11) is 1.44. The normalized spacial score (nSPS) is 19.8. The van der Waals surface area contributed by atoms with E-state index in [1.54, 1.807) is 0 Å². The topological polar surface area (TPSA) is 38.3 Å². The van der Waals surface area contributed by atoms with Gasteiger partial charge in [0.05, 0.1) is 12.5 Å². The van der Waals surface area contributed by atoms with E-state index in [1.807, 2.05) is 26.0 Å². The monoisotopic (exact) mass is 247 g/mol. The van der Waals surface area contributed by atoms with Crippen LogP contribution in [0.3, 0.4) is 0 Å². The summed E-state index contributed by atoms with van der Waals surface area (Å²) < 4.78 is 4.88. The third-order valence-corrected chi connectivity index (χ3v) is 3.84. The second-order valence-corrected chi connectivity index (χ2v) is 5.43. The van der Waals surface area contributed by atoms with Gasteiger partial charge in [-0.15, -0.1) is 0 Å². The fourth-order valence-electron chi connectivity index (χ4n) is 2.49. The Hall–Kier alpha value is -1.35. The van der Waals surface area contributed by atoms with E-state index in [0.29, 0.717) is 5.92 Å². The molecule has 0 radical (unpaired) electrons. The summed E-state index contributed by atoms with van der Waals surface area (Å²) in [4.78, 5) is 11.8. The standard InChI is InChI=1S/C15H21NO2/c1-15(2,14(17)18-3)13-6-4-5-11(9-13)12-7-8-16-10-12/h4-6,9,12,16H,7-8,10H2,1-3H3. The van der Waals surface area contributed by atoms with Crippen molar-refractivity contribution >= 4 is 5.97 Å². The van der Waals surface area contributed by atoms with Gasteiger partial charge < -0.3 is 10.1 Å². The molecule has 0 aliphatic carbocycles. The maximum atomic E-state index is 11.8. The van der Waals surface area contributed by atoms with Crippen molar-refractivity contribution in [1.29, 1.82) is 0 Å². The van der Waals surface area contributed by atoms with Crippen LogP contribution in [-0.4, -0.2) is 26.2 Å². The van der Waals surface area contributed by atoms with Crippen LogP contribution in [0, 0.1) is 0 Å². The zero-order valence-corrected chi connectivity index (χ0v) is 11.3. The van der Waals surface area contributed by atoms with Crippen LogP contribution in [-0.2, 0) is 14.9 Å². The fourth-order valence-corrected chi connectivity index (χ4v) is 2.49. The molecule has 1 atom stereocenters. The van der Waals surface area contributed by atoms with Gasteiger partial charge in [-0.25, -0.2) is 0 Å². The Morgan fingerprint density at radius 3 is 2.83 bits per heavy atom. The van der Waals surface area contributed by atoms with Gasteiger partial charge in [0.25, 0.3) is 0 Å². The lowest BCUT2D eigenvalue weighted by molar-refractivity contribution is -0.146. The first-order valence-corrected chi connectivity index (χ1v) is 6.45. The third-order valence-electron chi connectivity index (χ3n) is 3.84. The van der Waals surface area contributed by atoms with Crippen molar-refractivity contribution in [3.63, 3.8) is 0 Å². The fraction of sp³-hybridized carbons (Fsp3) is 0.533. The van der Waals surface area contributed by atoms with Crippen molar-refractivity contribution in [2.45, 2.75) is 31.6 Å². The molecule has 0 spiro atoms. The van der Waals surface area contributed by atoms with Gasteiger partial charge in [-0.3, -0.25) is 4.79 Å². The van der Waals surface area contributed by atoms with Gasteiger partial charge in [-0.1, -0.05) is 24.3 Å². The molecule has 1 aromatic carbocycles. The molecule has 0 aromatic heterocycles. The molecule has 98 valence electrons. The lowest BCUT2D eigenvalue weighted by atomic mass is 9.82. The molecule has 1 aliphatic rings. The number of nitrogens with one attached hydrogen (secondary N) is 1. The number of benzene rings is 1. The summed E-state index contributed by atoms with van der Waals surface area (Å²) in [6, 6.07) is 8.33. The zero-order valence-electron chi connectivity index (χ0n) is 11.3. The number of hydrogen-bond acceptors (Lipinski definition) is 3. The molecule has 0 amide bonds. The van der Waals surface area contributed by atoms with Gasteiger partial charge in [-0.2, -0.15) is 0 Å². The van der Waals surface area contributed by atoms with Crippen molar-refractivity contribution in [1.82, 2.24) is 5.32 Å². The van der Waals surface area contributed by atoms with Gasteiger partial charge in [0, 0.05) is 6.54 Å². The molecule has 1 heterocycles. The lowest BCUT2D eigenvalue weighted by Crippen LogP contribution is -2.30. The molecule has 1 unspecified atom stereocenters. The van der Waals surface area contributed by atoms with E-state index in [2.05, 4.69) is 17.4 Å². The van der Waals surface area contributed by atoms with Crippen molar-refractivity contribution in [3.05, 3.63) is 35.4 Å². The minimum atomic E-state index is -0.587. The van der Waals surface area contributed by atoms with Crippen LogP contribution in [0.1, 0.15) is 37.3 Å². The highest BCUT2D eigenvalue weighted by molar-refractivity contribution is 5.82. The Labute approximate surface area is 109 Å². The van der Waals surface area contributed by atoms with E-state index in [0.717, 1.165) is 18.7 Å². The van der Waals surface area contributed by atoms with Crippen LogP contribution in [0.4, 0.5) is 0 Å². The Morgan fingerprint density at radius 1 is 1.44 bits per heavy atom. The minimum absolute atomic E-state index is 0.191. The second kappa shape index (κ2) is 5.11. The van der Waals surface area contributed by atoms with E-state index < -0.39 is 5.41 Å². The lowest BCUT2D eigenvalue weighted by Gasteiger charge is -2.23. The van der Waals surface area contributed by atoms with E-state index >= 15 is 0 Å². The summed E-state index contributed by atoms with van der Waals surface area (Å²) >= 11 is 0. The molecule has 0 saturated carbocycles. The van der Waals surface area contributed by atoms with Crippen molar-refractivity contribution in [2.75, 3.05) is 20.2 Å². The number of carbonyl (C=O) groups excluding carboxylic acids is 1. The maximum Gasteiger partial charge on any atom is 0.315 e.